The zero-order valence-electron chi connectivity index (χ0n) is 47.0. The van der Waals surface area contributed by atoms with E-state index in [1.165, 1.54) is 12.7 Å². The average Bonchev–Trinajstić information content (AvgIpc) is 4.12. The van der Waals surface area contributed by atoms with Gasteiger partial charge < -0.3 is 33.4 Å². The second-order valence-corrected chi connectivity index (χ2v) is 27.5. The van der Waals surface area contributed by atoms with Crippen molar-refractivity contribution in [2.45, 2.75) is 108 Å². The first-order chi connectivity index (χ1) is 39.3. The molecule has 0 radical (unpaired) electrons. The molecule has 2 aliphatic heterocycles. The molecule has 82 heavy (non-hydrogen) atoms. The zero-order valence-corrected chi connectivity index (χ0v) is 48.9. The third-order valence-corrected chi connectivity index (χ3v) is 20.6. The van der Waals surface area contributed by atoms with E-state index in [-0.39, 0.29) is 59.4 Å². The summed E-state index contributed by atoms with van der Waals surface area (Å²) in [5.74, 6) is 0.365. The SMILES string of the molecule is COc1ccc(C(OC[C@H]2O[C@@H](n3cnc4c(=O)[nH]c(NC(=O)C(C)C)nc43)C[C@@H]2O[P+](=O)OC[C@H]2O[C@@H](n3cnc4c(NC(=O)c5ccccc5)ncnc43)C[C@@H]2O[Si](C)(C)C(C)(C)C)(c2ccccc2)c2ccc(OC)cc2)cc1. The Balaban J connectivity index is 0.950. The van der Waals surface area contributed by atoms with E-state index in [1.807, 2.05) is 84.9 Å². The topological polar surface area (TPSA) is 256 Å². The van der Waals surface area contributed by atoms with Crippen molar-refractivity contribution in [2.75, 3.05) is 38.1 Å². The fourth-order valence-corrected chi connectivity index (χ4v) is 11.9. The van der Waals surface area contributed by atoms with Gasteiger partial charge in [-0.05, 0) is 71.2 Å². The van der Waals surface area contributed by atoms with Crippen LogP contribution in [0.2, 0.25) is 18.1 Å². The van der Waals surface area contributed by atoms with Gasteiger partial charge in [-0.2, -0.15) is 4.98 Å². The number of benzene rings is 4. The molecule has 0 spiro atoms. The maximum absolute atomic E-state index is 14.5. The monoisotopic (exact) mass is 1150 g/mol. The molecule has 2 fully saturated rings. The van der Waals surface area contributed by atoms with Crippen molar-refractivity contribution in [3.05, 3.63) is 161 Å². The van der Waals surface area contributed by atoms with Crippen molar-refractivity contribution in [2.24, 2.45) is 5.92 Å². The molecule has 10 rings (SSSR count). The Labute approximate surface area is 475 Å². The van der Waals surface area contributed by atoms with Crippen LogP contribution in [0.25, 0.3) is 22.3 Å². The first-order valence-electron chi connectivity index (χ1n) is 26.9. The predicted molar refractivity (Wildman–Crippen MR) is 307 cm³/mol. The first kappa shape index (κ1) is 57.6. The Kier molecular flexibility index (Phi) is 16.9. The van der Waals surface area contributed by atoms with Gasteiger partial charge in [0.25, 0.3) is 11.5 Å². The molecule has 3 N–H and O–H groups in total. The Morgan fingerprint density at radius 3 is 1.89 bits per heavy atom. The number of nitrogens with zero attached hydrogens (tertiary/aromatic N) is 7. The van der Waals surface area contributed by atoms with Crippen LogP contribution in [-0.4, -0.2) is 111 Å². The van der Waals surface area contributed by atoms with E-state index in [4.69, 9.17) is 37.2 Å². The Morgan fingerprint density at radius 1 is 0.732 bits per heavy atom. The van der Waals surface area contributed by atoms with E-state index in [0.717, 1.165) is 16.7 Å². The van der Waals surface area contributed by atoms with Crippen LogP contribution in [0.3, 0.4) is 0 Å². The van der Waals surface area contributed by atoms with E-state index >= 15 is 0 Å². The Morgan fingerprint density at radius 2 is 1.29 bits per heavy atom. The normalized spacial score (nSPS) is 19.7. The lowest BCUT2D eigenvalue weighted by molar-refractivity contribution is -0.118. The van der Waals surface area contributed by atoms with Gasteiger partial charge in [-0.25, -0.2) is 19.9 Å². The number of fused-ring (bicyclic) bond motifs is 2. The molecule has 24 heteroatoms. The fourth-order valence-electron chi connectivity index (χ4n) is 9.77. The molecule has 428 valence electrons. The number of aromatic nitrogens is 8. The maximum atomic E-state index is 14.5. The second-order valence-electron chi connectivity index (χ2n) is 21.9. The standard InChI is InChI=1S/C58H65N10O12PSi/c1-35(2)53(69)65-56-64-52-49(55(71)66-56)62-34-68(52)46-28-42(44(77-46)30-75-58(37-18-14-11-15-19-37,38-20-24-40(73-6)25-21-38)39-22-26-41(74-7)27-23-39)79-81(72)76-31-45-43(80-82(8,9)57(3,4)5)29-47(78-45)67-33-61-48-50(59-32-60-51(48)67)63-54(70)36-16-12-10-13-17-36/h10-27,32-35,42-47H,28-31H2,1-9H3,(H2-,59,60,63,64,65,66,69,70,71)/p+1/t42-,43-,44+,45+,46+,47+/m0/s1. The minimum atomic E-state index is -2.91. The minimum Gasteiger partial charge on any atom is -0.497 e. The molecule has 4 aromatic heterocycles. The summed E-state index contributed by atoms with van der Waals surface area (Å²) in [6.07, 6.45) is 0.0921. The van der Waals surface area contributed by atoms with E-state index in [2.05, 4.69) is 74.4 Å². The third-order valence-electron chi connectivity index (χ3n) is 15.3. The van der Waals surface area contributed by atoms with Crippen LogP contribution in [-0.2, 0) is 42.6 Å². The minimum absolute atomic E-state index is 0.00979. The summed E-state index contributed by atoms with van der Waals surface area (Å²) < 4.78 is 69.5. The van der Waals surface area contributed by atoms with Crippen LogP contribution in [0.15, 0.2) is 133 Å². The molecule has 22 nitrogen and oxygen atoms in total. The van der Waals surface area contributed by atoms with Crippen molar-refractivity contribution < 1.29 is 51.3 Å². The van der Waals surface area contributed by atoms with Gasteiger partial charge in [-0.3, -0.25) is 33.8 Å². The van der Waals surface area contributed by atoms with Crippen LogP contribution in [0, 0.1) is 5.92 Å². The van der Waals surface area contributed by atoms with Gasteiger partial charge in [-0.15, -0.1) is 9.05 Å². The molecule has 8 aromatic rings. The molecular weight excluding hydrogens is 1090 g/mol. The van der Waals surface area contributed by atoms with Gasteiger partial charge in [0, 0.05) is 28.9 Å². The van der Waals surface area contributed by atoms with Crippen LogP contribution in [0.1, 0.15) is 87.0 Å². The molecule has 2 saturated heterocycles. The number of hydrogen-bond acceptors (Lipinski definition) is 17. The van der Waals surface area contributed by atoms with E-state index < -0.39 is 70.5 Å². The van der Waals surface area contributed by atoms with Crippen LogP contribution in [0.5, 0.6) is 11.5 Å². The van der Waals surface area contributed by atoms with E-state index in [1.54, 1.807) is 67.8 Å². The number of carbonyl (C=O) groups excluding carboxylic acids is 2. The van der Waals surface area contributed by atoms with Gasteiger partial charge in [0.2, 0.25) is 11.9 Å². The number of nitrogens with one attached hydrogen (secondary N) is 3. The quantitative estimate of drug-likeness (QED) is 0.0343. The van der Waals surface area contributed by atoms with Crippen molar-refractivity contribution >= 4 is 62.5 Å². The van der Waals surface area contributed by atoms with Crippen LogP contribution < -0.4 is 25.7 Å². The molecule has 0 bridgehead atoms. The fraction of sp³-hybridized carbons (Fsp3) is 0.379. The van der Waals surface area contributed by atoms with Gasteiger partial charge >= 0.3 is 8.25 Å². The molecule has 4 aromatic carbocycles. The highest BCUT2D eigenvalue weighted by atomic mass is 31.1. The summed E-state index contributed by atoms with van der Waals surface area (Å²) in [5, 5.41) is 5.36. The number of ether oxygens (including phenoxy) is 5. The highest BCUT2D eigenvalue weighted by molar-refractivity contribution is 7.33. The smallest absolute Gasteiger partial charge is 0.497 e. The number of methoxy groups -OCH3 is 2. The Bertz CT molecular complexity index is 3570. The van der Waals surface area contributed by atoms with Gasteiger partial charge in [0.05, 0.1) is 39.6 Å². The number of H-pyrrole nitrogens is 1. The molecule has 0 saturated carbocycles. The maximum Gasteiger partial charge on any atom is 0.697 e. The molecule has 6 heterocycles. The summed E-state index contributed by atoms with van der Waals surface area (Å²) in [6, 6.07) is 33.7. The van der Waals surface area contributed by atoms with Crippen molar-refractivity contribution in [1.29, 1.82) is 0 Å². The lowest BCUT2D eigenvalue weighted by Gasteiger charge is -2.39. The number of amides is 2. The van der Waals surface area contributed by atoms with Crippen LogP contribution in [0.4, 0.5) is 11.8 Å². The highest BCUT2D eigenvalue weighted by Crippen LogP contribution is 2.46. The van der Waals surface area contributed by atoms with Gasteiger partial charge in [-0.1, -0.05) is 107 Å². The number of anilines is 2. The third kappa shape index (κ3) is 12.0. The summed E-state index contributed by atoms with van der Waals surface area (Å²) in [4.78, 5) is 64.4. The highest BCUT2D eigenvalue weighted by Gasteiger charge is 2.50. The molecular formula is C58H66N10O12PSi+. The lowest BCUT2D eigenvalue weighted by atomic mass is 9.80. The summed E-state index contributed by atoms with van der Waals surface area (Å²) in [6.45, 7) is 13.8. The number of hydrogen-bond donors (Lipinski definition) is 3. The largest absolute Gasteiger partial charge is 0.697 e. The summed E-state index contributed by atoms with van der Waals surface area (Å²) in [7, 11) is -2.16. The number of aromatic amines is 1. The van der Waals surface area contributed by atoms with Crippen molar-refractivity contribution in [3.8, 4) is 11.5 Å². The van der Waals surface area contributed by atoms with E-state index in [9.17, 15) is 18.9 Å². The van der Waals surface area contributed by atoms with Crippen molar-refractivity contribution in [3.63, 3.8) is 0 Å². The number of carbonyl (C=O) groups is 2. The van der Waals surface area contributed by atoms with Crippen LogP contribution >= 0.6 is 8.25 Å². The summed E-state index contributed by atoms with van der Waals surface area (Å²) in [5.41, 5.74) is 1.86. The predicted octanol–water partition coefficient (Wildman–Crippen LogP) is 9.86. The number of imidazole rings is 2. The lowest BCUT2D eigenvalue weighted by Crippen LogP contribution is -2.46. The zero-order chi connectivity index (χ0) is 57.9. The second kappa shape index (κ2) is 24.1. The average molecular weight is 1150 g/mol. The summed E-state index contributed by atoms with van der Waals surface area (Å²) >= 11 is 0. The van der Waals surface area contributed by atoms with Gasteiger partial charge in [0.15, 0.2) is 36.5 Å². The molecule has 7 atom stereocenters. The molecule has 2 aliphatic rings. The van der Waals surface area contributed by atoms with Crippen molar-refractivity contribution in [1.82, 2.24) is 39.0 Å². The molecule has 0 aliphatic carbocycles. The molecule has 2 amide bonds. The molecule has 1 unspecified atom stereocenters. The number of rotatable bonds is 21. The Hall–Kier alpha value is -7.60. The van der Waals surface area contributed by atoms with E-state index in [0.29, 0.717) is 34.6 Å². The van der Waals surface area contributed by atoms with Gasteiger partial charge in [0.1, 0.15) is 60.8 Å². The first-order valence-corrected chi connectivity index (χ1v) is 30.9.